The highest BCUT2D eigenvalue weighted by atomic mass is 79.9. The van der Waals surface area contributed by atoms with Crippen LogP contribution in [-0.4, -0.2) is 56.4 Å². The monoisotopic (exact) mass is 356 g/mol. The van der Waals surface area contributed by atoms with Crippen LogP contribution in [-0.2, 0) is 0 Å². The molecule has 112 valence electrons. The second kappa shape index (κ2) is 5.49. The molecule has 21 heavy (non-hydrogen) atoms. The highest BCUT2D eigenvalue weighted by Crippen LogP contribution is 2.22. The van der Waals surface area contributed by atoms with Crippen molar-refractivity contribution in [3.8, 4) is 0 Å². The van der Waals surface area contributed by atoms with Crippen molar-refractivity contribution in [2.45, 2.75) is 18.6 Å². The van der Waals surface area contributed by atoms with E-state index in [1.807, 2.05) is 0 Å². The number of aliphatic hydroxyl groups is 1. The number of aliphatic hydroxyl groups excluding tert-OH is 1. The van der Waals surface area contributed by atoms with Crippen LogP contribution in [0.25, 0.3) is 11.2 Å². The standard InChI is InChI=1S/C12H13BrN4O4/c13-9-2-1-8-10(15-9)16-11(21-8)14-6-3-7(18)5-17(4-6)12(19)20/h1-2,6-7,18H,3-5H2,(H,19,20)(H,14,15,16)/t6-,7+/m1/s1. The Labute approximate surface area is 127 Å². The minimum Gasteiger partial charge on any atom is -0.465 e. The van der Waals surface area contributed by atoms with Crippen LogP contribution in [0.15, 0.2) is 21.2 Å². The minimum absolute atomic E-state index is 0.121. The van der Waals surface area contributed by atoms with Gasteiger partial charge in [0.2, 0.25) is 5.65 Å². The largest absolute Gasteiger partial charge is 0.465 e. The summed E-state index contributed by atoms with van der Waals surface area (Å²) in [4.78, 5) is 20.5. The van der Waals surface area contributed by atoms with Crippen LogP contribution in [0.4, 0.5) is 10.8 Å². The van der Waals surface area contributed by atoms with Crippen molar-refractivity contribution < 1.29 is 19.4 Å². The number of carbonyl (C=O) groups is 1. The number of pyridine rings is 1. The Kier molecular flexibility index (Phi) is 3.68. The van der Waals surface area contributed by atoms with E-state index in [2.05, 4.69) is 31.2 Å². The van der Waals surface area contributed by atoms with E-state index in [0.717, 1.165) is 0 Å². The number of hydrogen-bond acceptors (Lipinski definition) is 6. The fourth-order valence-electron chi connectivity index (χ4n) is 2.37. The number of rotatable bonds is 2. The van der Waals surface area contributed by atoms with Gasteiger partial charge in [0.1, 0.15) is 4.60 Å². The van der Waals surface area contributed by atoms with E-state index in [-0.39, 0.29) is 25.1 Å². The number of nitrogens with zero attached hydrogens (tertiary/aromatic N) is 3. The topological polar surface area (TPSA) is 112 Å². The van der Waals surface area contributed by atoms with Gasteiger partial charge in [-0.1, -0.05) is 0 Å². The van der Waals surface area contributed by atoms with E-state index in [9.17, 15) is 9.90 Å². The third-order valence-corrected chi connectivity index (χ3v) is 3.69. The Balaban J connectivity index is 1.76. The van der Waals surface area contributed by atoms with Crippen molar-refractivity contribution in [2.75, 3.05) is 18.4 Å². The number of β-amino-alcohol motifs (C(OH)–C–C–N with tert-alkyl or cyclic N) is 1. The number of hydrogen-bond donors (Lipinski definition) is 3. The first kappa shape index (κ1) is 14.1. The van der Waals surface area contributed by atoms with E-state index >= 15 is 0 Å². The second-order valence-corrected chi connectivity index (χ2v) is 5.71. The Bertz CT molecular complexity index is 676. The Morgan fingerprint density at radius 2 is 2.24 bits per heavy atom. The summed E-state index contributed by atoms with van der Waals surface area (Å²) in [6.45, 7) is 0.387. The van der Waals surface area contributed by atoms with Gasteiger partial charge in [-0.2, -0.15) is 4.98 Å². The van der Waals surface area contributed by atoms with Gasteiger partial charge in [-0.3, -0.25) is 0 Å². The van der Waals surface area contributed by atoms with Gasteiger partial charge in [0.25, 0.3) is 6.01 Å². The molecule has 2 atom stereocenters. The smallest absolute Gasteiger partial charge is 0.407 e. The van der Waals surface area contributed by atoms with E-state index < -0.39 is 12.2 Å². The first-order valence-corrected chi connectivity index (χ1v) is 7.16. The zero-order valence-corrected chi connectivity index (χ0v) is 12.4. The zero-order chi connectivity index (χ0) is 15.0. The van der Waals surface area contributed by atoms with Crippen LogP contribution in [0.3, 0.4) is 0 Å². The van der Waals surface area contributed by atoms with E-state index in [1.54, 1.807) is 12.1 Å². The van der Waals surface area contributed by atoms with Crippen LogP contribution < -0.4 is 5.32 Å². The number of halogens is 1. The maximum Gasteiger partial charge on any atom is 0.407 e. The molecule has 0 spiro atoms. The molecule has 1 aliphatic rings. The SMILES string of the molecule is O=C(O)N1C[C@@H](O)C[C@@H](Nc2nc3nc(Br)ccc3o2)C1. The van der Waals surface area contributed by atoms with E-state index in [0.29, 0.717) is 22.3 Å². The predicted molar refractivity (Wildman–Crippen MR) is 77.1 cm³/mol. The fourth-order valence-corrected chi connectivity index (χ4v) is 2.67. The van der Waals surface area contributed by atoms with E-state index in [1.165, 1.54) is 4.90 Å². The highest BCUT2D eigenvalue weighted by molar-refractivity contribution is 9.10. The molecule has 3 rings (SSSR count). The Hall–Kier alpha value is -1.87. The molecule has 0 unspecified atom stereocenters. The van der Waals surface area contributed by atoms with Crippen molar-refractivity contribution in [3.05, 3.63) is 16.7 Å². The maximum absolute atomic E-state index is 11.0. The zero-order valence-electron chi connectivity index (χ0n) is 10.9. The average molecular weight is 357 g/mol. The van der Waals surface area contributed by atoms with Gasteiger partial charge in [-0.05, 0) is 34.5 Å². The van der Waals surface area contributed by atoms with Crippen molar-refractivity contribution in [1.29, 1.82) is 0 Å². The molecule has 1 saturated heterocycles. The first-order valence-electron chi connectivity index (χ1n) is 6.37. The lowest BCUT2D eigenvalue weighted by atomic mass is 10.0. The number of nitrogens with one attached hydrogen (secondary N) is 1. The van der Waals surface area contributed by atoms with Crippen LogP contribution in [0, 0.1) is 0 Å². The summed E-state index contributed by atoms with van der Waals surface area (Å²) < 4.78 is 6.16. The molecule has 1 fully saturated rings. The van der Waals surface area contributed by atoms with Crippen LogP contribution in [0.1, 0.15) is 6.42 Å². The molecule has 9 heteroatoms. The third kappa shape index (κ3) is 3.08. The number of oxazole rings is 1. The summed E-state index contributed by atoms with van der Waals surface area (Å²) in [7, 11) is 0. The molecule has 3 heterocycles. The van der Waals surface area contributed by atoms with Crippen molar-refractivity contribution >= 4 is 39.3 Å². The van der Waals surface area contributed by atoms with Gasteiger partial charge in [-0.15, -0.1) is 0 Å². The molecule has 0 radical (unpaired) electrons. The molecule has 0 bridgehead atoms. The van der Waals surface area contributed by atoms with Gasteiger partial charge in [-0.25, -0.2) is 9.78 Å². The first-order chi connectivity index (χ1) is 10.0. The number of fused-ring (bicyclic) bond motifs is 1. The normalized spacial score (nSPS) is 22.5. The number of anilines is 1. The molecule has 1 aliphatic heterocycles. The summed E-state index contributed by atoms with van der Waals surface area (Å²) >= 11 is 3.25. The average Bonchev–Trinajstić information content (AvgIpc) is 2.79. The maximum atomic E-state index is 11.0. The molecular formula is C12H13BrN4O4. The summed E-state index contributed by atoms with van der Waals surface area (Å²) in [6.07, 6.45) is -1.33. The van der Waals surface area contributed by atoms with Crippen molar-refractivity contribution in [2.24, 2.45) is 0 Å². The quantitative estimate of drug-likeness (QED) is 0.699. The molecule has 0 saturated carbocycles. The number of likely N-dealkylation sites (tertiary alicyclic amines) is 1. The number of carboxylic acid groups (broad SMARTS) is 1. The van der Waals surface area contributed by atoms with Gasteiger partial charge < -0.3 is 24.8 Å². The van der Waals surface area contributed by atoms with E-state index in [4.69, 9.17) is 9.52 Å². The van der Waals surface area contributed by atoms with Gasteiger partial charge in [0.15, 0.2) is 5.58 Å². The summed E-state index contributed by atoms with van der Waals surface area (Å²) in [5.41, 5.74) is 0.991. The predicted octanol–water partition coefficient (Wildman–Crippen LogP) is 1.51. The molecule has 0 aliphatic carbocycles. The molecule has 1 amide bonds. The lowest BCUT2D eigenvalue weighted by Gasteiger charge is -2.33. The Morgan fingerprint density at radius 1 is 1.43 bits per heavy atom. The second-order valence-electron chi connectivity index (χ2n) is 4.89. The lowest BCUT2D eigenvalue weighted by molar-refractivity contribution is 0.0604. The fraction of sp³-hybridized carbons (Fsp3) is 0.417. The summed E-state index contributed by atoms with van der Waals surface area (Å²) in [5.74, 6) is 0. The van der Waals surface area contributed by atoms with Crippen LogP contribution in [0.5, 0.6) is 0 Å². The molecule has 2 aromatic heterocycles. The lowest BCUT2D eigenvalue weighted by Crippen LogP contribution is -2.50. The minimum atomic E-state index is -1.05. The molecule has 3 N–H and O–H groups in total. The number of amides is 1. The Morgan fingerprint density at radius 3 is 3.00 bits per heavy atom. The van der Waals surface area contributed by atoms with Gasteiger partial charge in [0, 0.05) is 6.54 Å². The molecule has 2 aromatic rings. The van der Waals surface area contributed by atoms with Crippen LogP contribution in [0.2, 0.25) is 0 Å². The number of aromatic nitrogens is 2. The number of piperidine rings is 1. The highest BCUT2D eigenvalue weighted by Gasteiger charge is 2.29. The van der Waals surface area contributed by atoms with Gasteiger partial charge in [0.05, 0.1) is 18.7 Å². The molecule has 0 aromatic carbocycles. The molecule has 8 nitrogen and oxygen atoms in total. The van der Waals surface area contributed by atoms with Crippen molar-refractivity contribution in [3.63, 3.8) is 0 Å². The summed E-state index contributed by atoms with van der Waals surface area (Å²) in [5, 5.41) is 21.8. The van der Waals surface area contributed by atoms with Gasteiger partial charge >= 0.3 is 6.09 Å². The molecular weight excluding hydrogens is 344 g/mol. The third-order valence-electron chi connectivity index (χ3n) is 3.25. The van der Waals surface area contributed by atoms with Crippen molar-refractivity contribution in [1.82, 2.24) is 14.9 Å². The van der Waals surface area contributed by atoms with Crippen LogP contribution >= 0.6 is 15.9 Å². The summed E-state index contributed by atoms with van der Waals surface area (Å²) in [6, 6.07) is 3.49.